The second-order valence-electron chi connectivity index (χ2n) is 4.75. The van der Waals surface area contributed by atoms with E-state index in [2.05, 4.69) is 55.7 Å². The molecule has 0 aliphatic rings. The number of quaternary nitrogens is 1. The topological polar surface area (TPSA) is 66.4 Å². The molecule has 0 saturated carbocycles. The molecule has 0 aromatic heterocycles. The minimum absolute atomic E-state index is 0.0914. The fourth-order valence-electron chi connectivity index (χ4n) is 1.28. The van der Waals surface area contributed by atoms with Gasteiger partial charge in [0, 0.05) is 5.56 Å². The highest BCUT2D eigenvalue weighted by molar-refractivity contribution is 7.80. The Kier molecular flexibility index (Phi) is 7.08. The van der Waals surface area contributed by atoms with Crippen molar-refractivity contribution in [3.05, 3.63) is 35.9 Å². The Labute approximate surface area is 110 Å². The maximum atomic E-state index is 9.45. The minimum Gasteiger partial charge on any atom is -0.726 e. The molecule has 0 heterocycles. The van der Waals surface area contributed by atoms with E-state index in [-0.39, 0.29) is 6.61 Å². The third-order valence-electron chi connectivity index (χ3n) is 1.76. The summed E-state index contributed by atoms with van der Waals surface area (Å²) >= 11 is 0. The first-order valence-electron chi connectivity index (χ1n) is 5.58. The van der Waals surface area contributed by atoms with Crippen LogP contribution in [0.3, 0.4) is 0 Å². The van der Waals surface area contributed by atoms with Gasteiger partial charge in [-0.15, -0.1) is 0 Å². The van der Waals surface area contributed by atoms with Crippen LogP contribution in [0, 0.1) is 0 Å². The number of hydrogen-bond acceptors (Lipinski definition) is 4. The SMILES string of the molecule is CCOS(=O)(=O)[O-].C[N+](C)(C)Cc1ccccc1. The second kappa shape index (κ2) is 7.48. The van der Waals surface area contributed by atoms with Gasteiger partial charge >= 0.3 is 0 Å². The smallest absolute Gasteiger partial charge is 0.217 e. The van der Waals surface area contributed by atoms with E-state index in [1.807, 2.05) is 0 Å². The largest absolute Gasteiger partial charge is 0.726 e. The Morgan fingerprint density at radius 3 is 1.94 bits per heavy atom. The summed E-state index contributed by atoms with van der Waals surface area (Å²) < 4.78 is 33.0. The van der Waals surface area contributed by atoms with Crippen LogP contribution >= 0.6 is 0 Å². The van der Waals surface area contributed by atoms with Crippen molar-refractivity contribution in [1.82, 2.24) is 0 Å². The first-order chi connectivity index (χ1) is 8.14. The number of nitrogens with zero attached hydrogens (tertiary/aromatic N) is 1. The zero-order valence-corrected chi connectivity index (χ0v) is 12.1. The standard InChI is InChI=1S/C10H16N.C2H6O4S/c1-11(2,3)9-10-7-5-4-6-8-10;1-2-6-7(3,4)5/h4-8H,9H2,1-3H3;2H2,1H3,(H,3,4,5)/q+1;/p-1. The van der Waals surface area contributed by atoms with Crippen molar-refractivity contribution in [2.24, 2.45) is 0 Å². The molecule has 0 fully saturated rings. The van der Waals surface area contributed by atoms with Gasteiger partial charge in [0.05, 0.1) is 27.7 Å². The summed E-state index contributed by atoms with van der Waals surface area (Å²) in [5.74, 6) is 0. The van der Waals surface area contributed by atoms with E-state index in [4.69, 9.17) is 0 Å². The summed E-state index contributed by atoms with van der Waals surface area (Å²) in [5, 5.41) is 0. The maximum Gasteiger partial charge on any atom is 0.217 e. The zero-order chi connectivity index (χ0) is 14.2. The van der Waals surface area contributed by atoms with Gasteiger partial charge in [0.15, 0.2) is 0 Å². The quantitative estimate of drug-likeness (QED) is 0.473. The van der Waals surface area contributed by atoms with E-state index >= 15 is 0 Å². The Morgan fingerprint density at radius 2 is 1.67 bits per heavy atom. The van der Waals surface area contributed by atoms with E-state index in [0.29, 0.717) is 0 Å². The van der Waals surface area contributed by atoms with Crippen molar-refractivity contribution < 1.29 is 21.6 Å². The maximum absolute atomic E-state index is 9.45. The van der Waals surface area contributed by atoms with Crippen LogP contribution in [0.2, 0.25) is 0 Å². The fraction of sp³-hybridized carbons (Fsp3) is 0.500. The van der Waals surface area contributed by atoms with Crippen LogP contribution in [0.15, 0.2) is 30.3 Å². The highest BCUT2D eigenvalue weighted by atomic mass is 32.3. The van der Waals surface area contributed by atoms with Crippen molar-refractivity contribution in [3.8, 4) is 0 Å². The van der Waals surface area contributed by atoms with Crippen LogP contribution in [-0.2, 0) is 21.1 Å². The minimum atomic E-state index is -4.42. The molecule has 1 aromatic carbocycles. The van der Waals surface area contributed by atoms with Gasteiger partial charge < -0.3 is 9.04 Å². The summed E-state index contributed by atoms with van der Waals surface area (Å²) in [7, 11) is 2.18. The summed E-state index contributed by atoms with van der Waals surface area (Å²) in [5.41, 5.74) is 1.40. The molecule has 0 spiro atoms. The van der Waals surface area contributed by atoms with Crippen molar-refractivity contribution in [3.63, 3.8) is 0 Å². The van der Waals surface area contributed by atoms with E-state index in [9.17, 15) is 13.0 Å². The lowest BCUT2D eigenvalue weighted by molar-refractivity contribution is -0.884. The Morgan fingerprint density at radius 1 is 1.17 bits per heavy atom. The molecule has 1 rings (SSSR count). The first kappa shape index (κ1) is 17.1. The van der Waals surface area contributed by atoms with E-state index in [1.165, 1.54) is 12.5 Å². The highest BCUT2D eigenvalue weighted by Gasteiger charge is 2.06. The van der Waals surface area contributed by atoms with Crippen molar-refractivity contribution >= 4 is 10.4 Å². The zero-order valence-electron chi connectivity index (χ0n) is 11.3. The van der Waals surface area contributed by atoms with Gasteiger partial charge in [-0.2, -0.15) is 0 Å². The second-order valence-corrected chi connectivity index (χ2v) is 5.80. The molecule has 0 N–H and O–H groups in total. The van der Waals surface area contributed by atoms with Gasteiger partial charge in [-0.3, -0.25) is 4.18 Å². The van der Waals surface area contributed by atoms with Crippen molar-refractivity contribution in [2.45, 2.75) is 13.5 Å². The van der Waals surface area contributed by atoms with Crippen molar-refractivity contribution in [1.29, 1.82) is 0 Å². The molecule has 0 radical (unpaired) electrons. The summed E-state index contributed by atoms with van der Waals surface area (Å²) in [6.45, 7) is 2.43. The Hall–Kier alpha value is -0.950. The predicted molar refractivity (Wildman–Crippen MR) is 69.5 cm³/mol. The molecule has 5 nitrogen and oxygen atoms in total. The lowest BCUT2D eigenvalue weighted by Crippen LogP contribution is -2.33. The van der Waals surface area contributed by atoms with Crippen LogP contribution < -0.4 is 0 Å². The lowest BCUT2D eigenvalue weighted by atomic mass is 10.2. The van der Waals surface area contributed by atoms with Crippen LogP contribution in [-0.4, -0.2) is 45.2 Å². The number of benzene rings is 1. The van der Waals surface area contributed by atoms with E-state index < -0.39 is 10.4 Å². The van der Waals surface area contributed by atoms with E-state index in [1.54, 1.807) is 0 Å². The molecule has 0 aliphatic heterocycles. The van der Waals surface area contributed by atoms with Gasteiger partial charge in [-0.25, -0.2) is 8.42 Å². The van der Waals surface area contributed by atoms with Gasteiger partial charge in [-0.05, 0) is 6.92 Å². The molecule has 1 aromatic rings. The molecular weight excluding hydrogens is 254 g/mol. The molecule has 104 valence electrons. The summed E-state index contributed by atoms with van der Waals surface area (Å²) in [6.07, 6.45) is 0. The molecule has 18 heavy (non-hydrogen) atoms. The van der Waals surface area contributed by atoms with Crippen LogP contribution in [0.4, 0.5) is 0 Å². The highest BCUT2D eigenvalue weighted by Crippen LogP contribution is 2.05. The van der Waals surface area contributed by atoms with Gasteiger partial charge in [-0.1, -0.05) is 30.3 Å². The lowest BCUT2D eigenvalue weighted by Gasteiger charge is -2.23. The molecule has 0 aliphatic carbocycles. The average molecular weight is 275 g/mol. The first-order valence-corrected chi connectivity index (χ1v) is 6.92. The van der Waals surface area contributed by atoms with E-state index in [0.717, 1.165) is 11.0 Å². The average Bonchev–Trinajstić information content (AvgIpc) is 2.15. The van der Waals surface area contributed by atoms with Gasteiger partial charge in [0.25, 0.3) is 0 Å². The molecule has 6 heteroatoms. The molecule has 0 bridgehead atoms. The van der Waals surface area contributed by atoms with Gasteiger partial charge in [0.2, 0.25) is 10.4 Å². The predicted octanol–water partition coefficient (Wildman–Crippen LogP) is 1.38. The molecule has 0 unspecified atom stereocenters. The Balaban J connectivity index is 0.000000360. The fourth-order valence-corrected chi connectivity index (χ4v) is 1.56. The molecule has 0 atom stereocenters. The van der Waals surface area contributed by atoms with Gasteiger partial charge in [0.1, 0.15) is 6.54 Å². The number of rotatable bonds is 4. The van der Waals surface area contributed by atoms with Crippen LogP contribution in [0.1, 0.15) is 12.5 Å². The third kappa shape index (κ3) is 11.5. The summed E-state index contributed by atoms with van der Waals surface area (Å²) in [6, 6.07) is 10.6. The monoisotopic (exact) mass is 275 g/mol. The summed E-state index contributed by atoms with van der Waals surface area (Å²) in [4.78, 5) is 0. The van der Waals surface area contributed by atoms with Crippen LogP contribution in [0.5, 0.6) is 0 Å². The number of hydrogen-bond donors (Lipinski definition) is 0. The molecule has 0 amide bonds. The normalized spacial score (nSPS) is 11.6. The van der Waals surface area contributed by atoms with Crippen molar-refractivity contribution in [2.75, 3.05) is 27.7 Å². The molecular formula is C12H21NO4S. The Bertz CT molecular complexity index is 423. The molecule has 0 saturated heterocycles. The van der Waals surface area contributed by atoms with Crippen LogP contribution in [0.25, 0.3) is 0 Å². The third-order valence-corrected chi connectivity index (χ3v) is 2.29.